The molecule has 0 aromatic heterocycles. The van der Waals surface area contributed by atoms with Crippen molar-refractivity contribution in [3.63, 3.8) is 0 Å². The highest BCUT2D eigenvalue weighted by molar-refractivity contribution is 8.26. The van der Waals surface area contributed by atoms with Gasteiger partial charge in [0.1, 0.15) is 16.6 Å². The lowest BCUT2D eigenvalue weighted by molar-refractivity contribution is -0.140. The number of thiocarbonyl (C=S) groups is 1. The molecule has 1 saturated heterocycles. The minimum absolute atomic E-state index is 0.244. The Labute approximate surface area is 175 Å². The monoisotopic (exact) mass is 437 g/mol. The van der Waals surface area contributed by atoms with Crippen LogP contribution < -0.4 is 4.74 Å². The Kier molecular flexibility index (Phi) is 7.73. The fraction of sp³-hybridized carbons (Fsp3) is 0.211. The summed E-state index contributed by atoms with van der Waals surface area (Å²) in [4.78, 5) is 24.7. The molecule has 148 valence electrons. The number of ether oxygens (including phenoxy) is 1. The van der Waals surface area contributed by atoms with Gasteiger partial charge >= 0.3 is 5.97 Å². The lowest BCUT2D eigenvalue weighted by Gasteiger charge is -2.11. The highest BCUT2D eigenvalue weighted by atomic mass is 32.2. The van der Waals surface area contributed by atoms with Crippen LogP contribution in [0.3, 0.4) is 0 Å². The zero-order valence-electron chi connectivity index (χ0n) is 15.5. The van der Waals surface area contributed by atoms with Gasteiger partial charge in [0.25, 0.3) is 5.91 Å². The quantitative estimate of drug-likeness (QED) is 0.581. The van der Waals surface area contributed by atoms with Crippen molar-refractivity contribution in [2.24, 2.45) is 0 Å². The van der Waals surface area contributed by atoms with E-state index >= 15 is 0 Å². The molecule has 1 heterocycles. The molecule has 2 aromatic rings. The Hall–Kier alpha value is -2.23. The highest BCUT2D eigenvalue weighted by Crippen LogP contribution is 2.36. The van der Waals surface area contributed by atoms with Crippen molar-refractivity contribution in [3.8, 4) is 5.75 Å². The van der Waals surface area contributed by atoms with E-state index < -0.39 is 29.2 Å². The molecule has 0 atom stereocenters. The maximum absolute atomic E-state index is 12.4. The lowest BCUT2D eigenvalue weighted by Crippen LogP contribution is -2.33. The van der Waals surface area contributed by atoms with Gasteiger partial charge in [0.05, 0.1) is 12.0 Å². The molecule has 9 heteroatoms. The topological polar surface area (TPSA) is 83.9 Å². The third-order valence-electron chi connectivity index (χ3n) is 3.57. The zero-order chi connectivity index (χ0) is 20.8. The summed E-state index contributed by atoms with van der Waals surface area (Å²) in [5, 5.41) is 10.9. The van der Waals surface area contributed by atoms with E-state index in [4.69, 9.17) is 22.1 Å². The van der Waals surface area contributed by atoms with E-state index in [-0.39, 0.29) is 4.32 Å². The molecule has 3 rings (SSSR count). The van der Waals surface area contributed by atoms with E-state index in [1.807, 2.05) is 36.4 Å². The fourth-order valence-corrected chi connectivity index (χ4v) is 3.76. The van der Waals surface area contributed by atoms with Crippen molar-refractivity contribution in [3.05, 3.63) is 46.9 Å². The number of methoxy groups -OCH3 is 1. The molecule has 28 heavy (non-hydrogen) atoms. The van der Waals surface area contributed by atoms with Gasteiger partial charge in [-0.25, -0.2) is 0 Å². The van der Waals surface area contributed by atoms with Gasteiger partial charge in [-0.15, -0.1) is 0 Å². The number of rotatable bonds is 4. The van der Waals surface area contributed by atoms with E-state index in [0.29, 0.717) is 10.7 Å². The summed E-state index contributed by atoms with van der Waals surface area (Å²) < 4.78 is 15.3. The minimum Gasteiger partial charge on any atom is -0.495 e. The molecule has 1 aliphatic rings. The number of amides is 1. The molecule has 2 aromatic carbocycles. The van der Waals surface area contributed by atoms with Gasteiger partial charge in [-0.2, -0.15) is 0 Å². The second-order valence-electron chi connectivity index (χ2n) is 5.81. The molecule has 1 fully saturated rings. The average Bonchev–Trinajstić information content (AvgIpc) is 2.88. The Morgan fingerprint density at radius 2 is 1.93 bits per heavy atom. The first-order chi connectivity index (χ1) is 13.2. The smallest absolute Gasteiger partial charge is 0.323 e. The Morgan fingerprint density at radius 1 is 1.29 bits per heavy atom. The van der Waals surface area contributed by atoms with Crippen molar-refractivity contribution < 1.29 is 23.6 Å². The third kappa shape index (κ3) is 5.40. The summed E-state index contributed by atoms with van der Waals surface area (Å²) in [6.45, 7) is -0.434. The van der Waals surface area contributed by atoms with Crippen LogP contribution in [0.4, 0.5) is 0 Å². The van der Waals surface area contributed by atoms with Gasteiger partial charge in [-0.3, -0.25) is 18.7 Å². The predicted octanol–water partition coefficient (Wildman–Crippen LogP) is 3.13. The van der Waals surface area contributed by atoms with Crippen LogP contribution in [0.5, 0.6) is 5.75 Å². The zero-order valence-corrected chi connectivity index (χ0v) is 18.0. The van der Waals surface area contributed by atoms with Crippen LogP contribution in [-0.4, -0.2) is 56.6 Å². The van der Waals surface area contributed by atoms with Crippen molar-refractivity contribution in [2.75, 3.05) is 26.2 Å². The van der Waals surface area contributed by atoms with Gasteiger partial charge in [-0.05, 0) is 11.5 Å². The molecule has 1 N–H and O–H groups in total. The fourth-order valence-electron chi connectivity index (χ4n) is 2.51. The number of aliphatic carboxylic acids is 1. The molecule has 0 aliphatic carbocycles. The molecule has 0 saturated carbocycles. The molecular formula is C19H19NO5S3. The molecule has 1 amide bonds. The van der Waals surface area contributed by atoms with Crippen LogP contribution >= 0.6 is 24.0 Å². The van der Waals surface area contributed by atoms with Crippen LogP contribution in [0.1, 0.15) is 5.56 Å². The van der Waals surface area contributed by atoms with E-state index in [1.54, 1.807) is 25.7 Å². The summed E-state index contributed by atoms with van der Waals surface area (Å²) in [5.74, 6) is -0.838. The van der Waals surface area contributed by atoms with Gasteiger partial charge in [0, 0.05) is 34.3 Å². The standard InChI is InChI=1S/C17H13NO4S2.C2H6OS/c1-22-15-11(7-6-10-4-2-3-5-12(10)15)8-13-16(21)18(9-14(19)20)17(23)24-13;1-4(2)3/h2-8H,9H2,1H3,(H,19,20);1-2H3/b13-8-;. The second-order valence-corrected chi connectivity index (χ2v) is 8.97. The molecule has 1 aliphatic heterocycles. The van der Waals surface area contributed by atoms with E-state index in [9.17, 15) is 13.8 Å². The number of carboxylic acids is 1. The number of carboxylic acid groups (broad SMARTS) is 1. The molecule has 0 bridgehead atoms. The van der Waals surface area contributed by atoms with Crippen molar-refractivity contribution in [1.29, 1.82) is 0 Å². The second kappa shape index (κ2) is 9.81. The van der Waals surface area contributed by atoms with E-state index in [1.165, 1.54) is 0 Å². The Morgan fingerprint density at radius 3 is 2.54 bits per heavy atom. The molecule has 0 unspecified atom stereocenters. The van der Waals surface area contributed by atoms with E-state index in [0.717, 1.165) is 33.0 Å². The van der Waals surface area contributed by atoms with E-state index in [2.05, 4.69) is 0 Å². The number of benzene rings is 2. The molecular weight excluding hydrogens is 418 g/mol. The number of thioether (sulfide) groups is 1. The van der Waals surface area contributed by atoms with Crippen molar-refractivity contribution in [1.82, 2.24) is 4.90 Å². The van der Waals surface area contributed by atoms with Gasteiger partial charge in [-0.1, -0.05) is 60.4 Å². The average molecular weight is 438 g/mol. The number of carbonyl (C=O) groups excluding carboxylic acids is 1. The van der Waals surface area contributed by atoms with Crippen molar-refractivity contribution >= 4 is 67.8 Å². The number of fused-ring (bicyclic) bond motifs is 1. The highest BCUT2D eigenvalue weighted by Gasteiger charge is 2.33. The molecule has 0 radical (unpaired) electrons. The number of carbonyl (C=O) groups is 2. The molecule has 6 nitrogen and oxygen atoms in total. The lowest BCUT2D eigenvalue weighted by atomic mass is 10.0. The van der Waals surface area contributed by atoms with Crippen LogP contribution in [0.2, 0.25) is 0 Å². The van der Waals surface area contributed by atoms with Crippen LogP contribution in [-0.2, 0) is 20.4 Å². The van der Waals surface area contributed by atoms with Gasteiger partial charge in [0.15, 0.2) is 0 Å². The van der Waals surface area contributed by atoms with Gasteiger partial charge in [0.2, 0.25) is 0 Å². The third-order valence-corrected chi connectivity index (χ3v) is 4.95. The number of nitrogens with zero attached hydrogens (tertiary/aromatic N) is 1. The maximum atomic E-state index is 12.4. The SMILES string of the molecule is COc1c(/C=C2\SC(=S)N(CC(=O)O)C2=O)ccc2ccccc12.CS(C)=O. The Bertz CT molecular complexity index is 983. The summed E-state index contributed by atoms with van der Waals surface area (Å²) in [6.07, 6.45) is 4.96. The number of hydrogen-bond donors (Lipinski definition) is 1. The summed E-state index contributed by atoms with van der Waals surface area (Å²) >= 11 is 6.19. The maximum Gasteiger partial charge on any atom is 0.323 e. The number of hydrogen-bond acceptors (Lipinski definition) is 6. The predicted molar refractivity (Wildman–Crippen MR) is 118 cm³/mol. The Balaban J connectivity index is 0.000000640. The first-order valence-electron chi connectivity index (χ1n) is 8.02. The largest absolute Gasteiger partial charge is 0.495 e. The first kappa shape index (κ1) is 22.1. The molecule has 0 spiro atoms. The van der Waals surface area contributed by atoms with Crippen LogP contribution in [0, 0.1) is 0 Å². The van der Waals surface area contributed by atoms with Gasteiger partial charge < -0.3 is 9.84 Å². The first-order valence-corrected chi connectivity index (χ1v) is 11.2. The minimum atomic E-state index is -1.10. The summed E-state index contributed by atoms with van der Waals surface area (Å²) in [7, 11) is 0.967. The van der Waals surface area contributed by atoms with Crippen LogP contribution in [0.25, 0.3) is 16.8 Å². The normalized spacial score (nSPS) is 15.1. The summed E-state index contributed by atoms with van der Waals surface area (Å²) in [6, 6.07) is 11.6. The van der Waals surface area contributed by atoms with Crippen molar-refractivity contribution in [2.45, 2.75) is 0 Å². The van der Waals surface area contributed by atoms with Crippen LogP contribution in [0.15, 0.2) is 41.3 Å². The summed E-state index contributed by atoms with van der Waals surface area (Å²) in [5.41, 5.74) is 0.743.